The average molecular weight is 714 g/mol. The second-order valence-electron chi connectivity index (χ2n) is 4.67. The molecule has 0 aromatic carbocycles. The molecule has 0 aromatic rings. The summed E-state index contributed by atoms with van der Waals surface area (Å²) in [5.41, 5.74) is 0. The van der Waals surface area contributed by atoms with Crippen LogP contribution in [0.5, 0.6) is 0 Å². The number of methoxy groups -OCH3 is 6. The van der Waals surface area contributed by atoms with Crippen LogP contribution in [0.2, 0.25) is 0 Å². The van der Waals surface area contributed by atoms with Gasteiger partial charge in [0.15, 0.2) is 35.8 Å². The van der Waals surface area contributed by atoms with E-state index in [0.717, 1.165) is 42.7 Å². The van der Waals surface area contributed by atoms with E-state index in [-0.39, 0.29) is 21.1 Å². The Morgan fingerprint density at radius 1 is 0.279 bits per heavy atom. The van der Waals surface area contributed by atoms with Gasteiger partial charge < -0.3 is 87.8 Å². The summed E-state index contributed by atoms with van der Waals surface area (Å²) >= 11 is 0. The molecule has 0 aromatic heterocycles. The minimum Gasteiger partial charge on any atom is -0.539 e. The molecule has 0 aliphatic carbocycles. The fourth-order valence-corrected chi connectivity index (χ4v) is 0.500. The number of esters is 6. The largest absolute Gasteiger partial charge is 6.00 e. The van der Waals surface area contributed by atoms with Crippen molar-refractivity contribution in [2.75, 3.05) is 42.7 Å². The van der Waals surface area contributed by atoms with Crippen LogP contribution < -0.4 is 30.6 Å². The van der Waals surface area contributed by atoms with Gasteiger partial charge in [-0.3, -0.25) is 0 Å². The van der Waals surface area contributed by atoms with Crippen LogP contribution in [0.25, 0.3) is 0 Å². The zero-order chi connectivity index (χ0) is 35.2. The molecule has 0 N–H and O–H groups in total. The Morgan fingerprint density at radius 2 is 0.349 bits per heavy atom. The van der Waals surface area contributed by atoms with E-state index in [1.54, 1.807) is 0 Å². The van der Waals surface area contributed by atoms with Crippen LogP contribution in [0.3, 0.4) is 0 Å². The molecule has 240 valence electrons. The van der Waals surface area contributed by atoms with Crippen molar-refractivity contribution in [2.24, 2.45) is 0 Å². The molecule has 0 aliphatic heterocycles. The average Bonchev–Trinajstić information content (AvgIpc) is 2.95. The van der Waals surface area contributed by atoms with Gasteiger partial charge in [-0.2, -0.15) is 0 Å². The van der Waals surface area contributed by atoms with E-state index in [1.165, 1.54) is 0 Å². The molecule has 0 unspecified atom stereocenters. The van der Waals surface area contributed by atoms with Gasteiger partial charge in [-0.25, -0.2) is 28.8 Å². The van der Waals surface area contributed by atoms with Gasteiger partial charge >= 0.3 is 56.9 Å². The standard InChI is InChI=1S/6C3H4O4.Mo/c6*1-7-3(6)2(4)5;/h6*1H3,(H,4,5);/q;;;;;;+6/p-6. The summed E-state index contributed by atoms with van der Waals surface area (Å²) in [6.45, 7) is 0. The SMILES string of the molecule is COC(=O)C(=O)[O-].COC(=O)C(=O)[O-].COC(=O)C(=O)[O-].COC(=O)C(=O)[O-].COC(=O)C(=O)[O-].COC(=O)C(=O)[O-].[Mo+6]. The predicted molar refractivity (Wildman–Crippen MR) is 102 cm³/mol. The van der Waals surface area contributed by atoms with Crippen molar-refractivity contribution in [2.45, 2.75) is 0 Å². The van der Waals surface area contributed by atoms with Crippen LogP contribution in [-0.4, -0.2) is 114 Å². The van der Waals surface area contributed by atoms with E-state index < -0.39 is 71.6 Å². The fraction of sp³-hybridized carbons (Fsp3) is 0.333. The van der Waals surface area contributed by atoms with E-state index in [2.05, 4.69) is 28.4 Å². The van der Waals surface area contributed by atoms with E-state index in [4.69, 9.17) is 0 Å². The van der Waals surface area contributed by atoms with Gasteiger partial charge in [0.05, 0.1) is 42.7 Å². The van der Waals surface area contributed by atoms with E-state index in [0.29, 0.717) is 0 Å². The number of carbonyl (C=O) groups excluding carboxylic acids is 12. The number of carboxylic acids is 6. The van der Waals surface area contributed by atoms with Gasteiger partial charge in [-0.15, -0.1) is 0 Å². The number of ether oxygens (including phenoxy) is 6. The van der Waals surface area contributed by atoms with Crippen molar-refractivity contribution in [3.63, 3.8) is 0 Å². The van der Waals surface area contributed by atoms with Crippen LogP contribution in [0, 0.1) is 0 Å². The first-order valence-corrected chi connectivity index (χ1v) is 8.85. The molecule has 0 amide bonds. The summed E-state index contributed by atoms with van der Waals surface area (Å²) in [6, 6.07) is 0. The molecular weight excluding hydrogens is 696 g/mol. The molecule has 24 nitrogen and oxygen atoms in total. The van der Waals surface area contributed by atoms with E-state index in [9.17, 15) is 88.2 Å². The Hall–Kier alpha value is -5.67. The van der Waals surface area contributed by atoms with Crippen molar-refractivity contribution in [1.29, 1.82) is 0 Å². The molecule has 0 bridgehead atoms. The number of carboxylic acid groups (broad SMARTS) is 6. The van der Waals surface area contributed by atoms with Crippen molar-refractivity contribution in [3.8, 4) is 0 Å². The molecule has 0 saturated heterocycles. The molecule has 43 heavy (non-hydrogen) atoms. The Kier molecular flexibility index (Phi) is 42.8. The second kappa shape index (κ2) is 34.4. The maximum atomic E-state index is 9.63. The summed E-state index contributed by atoms with van der Waals surface area (Å²) in [5, 5.41) is 56.1. The molecule has 0 rings (SSSR count). The number of carbonyl (C=O) groups is 12. The molecule has 0 heterocycles. The third-order valence-electron chi connectivity index (χ3n) is 2.11. The minimum absolute atomic E-state index is 0. The first kappa shape index (κ1) is 53.6. The third kappa shape index (κ3) is 46.5. The Morgan fingerprint density at radius 3 is 0.349 bits per heavy atom. The van der Waals surface area contributed by atoms with Gasteiger partial charge in [-0.05, 0) is 0 Å². The zero-order valence-electron chi connectivity index (χ0n) is 22.2. The third-order valence-corrected chi connectivity index (χ3v) is 2.11. The Labute approximate surface area is 252 Å². The summed E-state index contributed by atoms with van der Waals surface area (Å²) in [7, 11) is 5.82. The zero-order valence-corrected chi connectivity index (χ0v) is 24.2. The van der Waals surface area contributed by atoms with Crippen molar-refractivity contribution in [1.82, 2.24) is 0 Å². The summed E-state index contributed by atoms with van der Waals surface area (Å²) < 4.78 is 22.3. The molecule has 0 aliphatic rings. The van der Waals surface area contributed by atoms with Gasteiger partial charge in [0.2, 0.25) is 0 Å². The van der Waals surface area contributed by atoms with Gasteiger partial charge in [0, 0.05) is 0 Å². The summed E-state index contributed by atoms with van der Waals surface area (Å²) in [4.78, 5) is 114. The van der Waals surface area contributed by atoms with Crippen LogP contribution >= 0.6 is 0 Å². The van der Waals surface area contributed by atoms with Crippen molar-refractivity contribution < 1.29 is 138 Å². The first-order valence-electron chi connectivity index (χ1n) is 8.85. The number of rotatable bonds is 0. The quantitative estimate of drug-likeness (QED) is 0.0972. The number of aliphatic carboxylic acids is 6. The van der Waals surface area contributed by atoms with Gasteiger partial charge in [0.25, 0.3) is 0 Å². The van der Waals surface area contributed by atoms with E-state index in [1.807, 2.05) is 0 Å². The van der Waals surface area contributed by atoms with Crippen LogP contribution in [0.4, 0.5) is 0 Å². The molecule has 0 atom stereocenters. The molecule has 0 saturated carbocycles. The van der Waals surface area contributed by atoms with E-state index >= 15 is 0 Å². The number of hydrogen-bond acceptors (Lipinski definition) is 24. The van der Waals surface area contributed by atoms with Gasteiger partial charge in [-0.1, -0.05) is 0 Å². The molecular formula is C18H18MoO24. The minimum atomic E-state index is -1.82. The first-order chi connectivity index (χ1) is 19.1. The topological polar surface area (TPSA) is 399 Å². The monoisotopic (exact) mass is 716 g/mol. The van der Waals surface area contributed by atoms with Crippen LogP contribution in [-0.2, 0) is 107 Å². The molecule has 0 fully saturated rings. The van der Waals surface area contributed by atoms with Gasteiger partial charge in [0.1, 0.15) is 0 Å². The van der Waals surface area contributed by atoms with Crippen molar-refractivity contribution >= 4 is 71.6 Å². The fourth-order valence-electron chi connectivity index (χ4n) is 0.500. The maximum absolute atomic E-state index is 9.63. The summed E-state index contributed by atoms with van der Waals surface area (Å²) in [6.07, 6.45) is 0. The maximum Gasteiger partial charge on any atom is 6.00 e. The number of hydrogen-bond donors (Lipinski definition) is 0. The smallest absolute Gasteiger partial charge is 0.539 e. The predicted octanol–water partition coefficient (Wildman–Crippen LogP) is -12.5. The normalized spacial score (nSPS) is 7.40. The molecule has 0 spiro atoms. The molecule has 25 heteroatoms. The van der Waals surface area contributed by atoms with Crippen LogP contribution in [0.1, 0.15) is 0 Å². The second-order valence-corrected chi connectivity index (χ2v) is 4.67. The van der Waals surface area contributed by atoms with Crippen molar-refractivity contribution in [3.05, 3.63) is 0 Å². The molecule has 0 radical (unpaired) electrons. The van der Waals surface area contributed by atoms with Crippen LogP contribution in [0.15, 0.2) is 0 Å². The summed E-state index contributed by atoms with van der Waals surface area (Å²) in [5.74, 6) is -19.0. The Balaban J connectivity index is -0.0000000720. The Bertz CT molecular complexity index is 779.